The van der Waals surface area contributed by atoms with Crippen molar-refractivity contribution in [3.63, 3.8) is 0 Å². The summed E-state index contributed by atoms with van der Waals surface area (Å²) in [6.45, 7) is 5.69. The third kappa shape index (κ3) is 2.94. The van der Waals surface area contributed by atoms with E-state index in [0.717, 1.165) is 42.7 Å². The molecule has 0 aromatic heterocycles. The Bertz CT molecular complexity index is 928. The van der Waals surface area contributed by atoms with Crippen LogP contribution < -0.4 is 4.90 Å². The average molecular weight is 436 g/mol. The standard InChI is InChI=1S/C28H37NO3/c1-27-14-12-20(30)16-18(27)8-9-21-22-10-11-24(28(22,2)15-13-23(21)27)25-17-29(26(31)32-25)19-6-4-3-5-7-19/h3-8,20-25,30H,9-17H2,1-2H3/t20-,21-,22-,23-,24+,25+,27-,28-/m0/s1. The van der Waals surface area contributed by atoms with Crippen LogP contribution in [0.15, 0.2) is 42.0 Å². The number of benzene rings is 1. The monoisotopic (exact) mass is 435 g/mol. The Balaban J connectivity index is 1.24. The van der Waals surface area contributed by atoms with Gasteiger partial charge in [0.25, 0.3) is 0 Å². The summed E-state index contributed by atoms with van der Waals surface area (Å²) in [5.41, 5.74) is 3.03. The van der Waals surface area contributed by atoms with Gasteiger partial charge < -0.3 is 9.84 Å². The van der Waals surface area contributed by atoms with Gasteiger partial charge in [0.15, 0.2) is 0 Å². The minimum atomic E-state index is -0.180. The van der Waals surface area contributed by atoms with Crippen molar-refractivity contribution in [1.29, 1.82) is 0 Å². The lowest BCUT2D eigenvalue weighted by Crippen LogP contribution is -2.51. The summed E-state index contributed by atoms with van der Waals surface area (Å²) >= 11 is 0. The third-order valence-corrected chi connectivity index (χ3v) is 10.5. The van der Waals surface area contributed by atoms with Gasteiger partial charge in [-0.2, -0.15) is 0 Å². The zero-order valence-corrected chi connectivity index (χ0v) is 19.5. The van der Waals surface area contributed by atoms with Gasteiger partial charge in [-0.05, 0) is 92.1 Å². The lowest BCUT2D eigenvalue weighted by molar-refractivity contribution is -0.0657. The van der Waals surface area contributed by atoms with Gasteiger partial charge in [-0.3, -0.25) is 4.90 Å². The van der Waals surface area contributed by atoms with Crippen LogP contribution in [0.5, 0.6) is 0 Å². The van der Waals surface area contributed by atoms with Gasteiger partial charge in [0.2, 0.25) is 0 Å². The molecule has 1 heterocycles. The largest absolute Gasteiger partial charge is 0.444 e. The van der Waals surface area contributed by atoms with Crippen LogP contribution in [-0.4, -0.2) is 30.0 Å². The van der Waals surface area contributed by atoms with E-state index in [1.54, 1.807) is 5.57 Å². The Morgan fingerprint density at radius 1 is 1.00 bits per heavy atom. The van der Waals surface area contributed by atoms with Gasteiger partial charge in [-0.15, -0.1) is 0 Å². The van der Waals surface area contributed by atoms with Crippen LogP contribution in [0, 0.1) is 34.5 Å². The van der Waals surface area contributed by atoms with Crippen LogP contribution in [0.25, 0.3) is 0 Å². The predicted molar refractivity (Wildman–Crippen MR) is 125 cm³/mol. The lowest BCUT2D eigenvalue weighted by atomic mass is 9.47. The molecule has 1 aliphatic heterocycles. The molecule has 0 spiro atoms. The summed E-state index contributed by atoms with van der Waals surface area (Å²) in [5, 5.41) is 10.2. The van der Waals surface area contributed by atoms with E-state index in [0.29, 0.717) is 12.5 Å². The normalized spacial score (nSPS) is 45.5. The maximum Gasteiger partial charge on any atom is 0.414 e. The SMILES string of the molecule is C[C@]12CC[C@H]3[C@@H](CC=C4C[C@@H](O)CC[C@@]43C)[C@@H]1CC[C@@H]2[C@H]1CN(c2ccccc2)C(=O)O1. The van der Waals surface area contributed by atoms with Gasteiger partial charge in [0.05, 0.1) is 12.6 Å². The number of carbonyl (C=O) groups is 1. The molecule has 4 fully saturated rings. The van der Waals surface area contributed by atoms with E-state index in [9.17, 15) is 9.90 Å². The summed E-state index contributed by atoms with van der Waals surface area (Å²) in [6, 6.07) is 9.96. The molecule has 1 N–H and O–H groups in total. The van der Waals surface area contributed by atoms with Crippen molar-refractivity contribution in [2.75, 3.05) is 11.4 Å². The molecule has 172 valence electrons. The third-order valence-electron chi connectivity index (χ3n) is 10.5. The van der Waals surface area contributed by atoms with Gasteiger partial charge in [-0.25, -0.2) is 4.79 Å². The topological polar surface area (TPSA) is 49.8 Å². The van der Waals surface area contributed by atoms with E-state index in [1.165, 1.54) is 32.1 Å². The number of aliphatic hydroxyl groups excluding tert-OH is 1. The highest BCUT2D eigenvalue weighted by atomic mass is 16.6. The smallest absolute Gasteiger partial charge is 0.414 e. The molecule has 3 saturated carbocycles. The van der Waals surface area contributed by atoms with Gasteiger partial charge in [-0.1, -0.05) is 43.7 Å². The number of ether oxygens (including phenoxy) is 1. The average Bonchev–Trinajstić information content (AvgIpc) is 3.34. The van der Waals surface area contributed by atoms with Crippen LogP contribution in [0.3, 0.4) is 0 Å². The Morgan fingerprint density at radius 3 is 2.59 bits per heavy atom. The quantitative estimate of drug-likeness (QED) is 0.584. The number of anilines is 1. The van der Waals surface area contributed by atoms with Crippen molar-refractivity contribution < 1.29 is 14.6 Å². The number of allylic oxidation sites excluding steroid dienone is 1. The molecule has 8 atom stereocenters. The molecule has 1 amide bonds. The second-order valence-corrected chi connectivity index (χ2v) is 11.8. The molecule has 0 radical (unpaired) electrons. The number of para-hydroxylation sites is 1. The minimum absolute atomic E-state index is 0.00404. The van der Waals surface area contributed by atoms with Crippen LogP contribution in [-0.2, 0) is 4.74 Å². The Morgan fingerprint density at radius 2 is 1.78 bits per heavy atom. The molecular formula is C28H37NO3. The van der Waals surface area contributed by atoms with Crippen molar-refractivity contribution in [3.05, 3.63) is 42.0 Å². The highest BCUT2D eigenvalue weighted by molar-refractivity contribution is 5.89. The maximum atomic E-state index is 12.7. The van der Waals surface area contributed by atoms with Gasteiger partial charge in [0.1, 0.15) is 6.10 Å². The first-order chi connectivity index (χ1) is 15.4. The lowest BCUT2D eigenvalue weighted by Gasteiger charge is -2.58. The fourth-order valence-electron chi connectivity index (χ4n) is 8.81. The van der Waals surface area contributed by atoms with Gasteiger partial charge in [0, 0.05) is 11.6 Å². The number of aliphatic hydroxyl groups is 1. The van der Waals surface area contributed by atoms with Crippen molar-refractivity contribution in [3.8, 4) is 0 Å². The number of nitrogens with zero attached hydrogens (tertiary/aromatic N) is 1. The van der Waals surface area contributed by atoms with E-state index in [1.807, 2.05) is 35.2 Å². The maximum absolute atomic E-state index is 12.7. The number of hydrogen-bond donors (Lipinski definition) is 1. The van der Waals surface area contributed by atoms with Crippen molar-refractivity contribution >= 4 is 11.8 Å². The number of rotatable bonds is 2. The first-order valence-corrected chi connectivity index (χ1v) is 12.8. The van der Waals surface area contributed by atoms with E-state index in [2.05, 4.69) is 19.9 Å². The predicted octanol–water partition coefficient (Wildman–Crippen LogP) is 5.95. The molecule has 0 unspecified atom stereocenters. The van der Waals surface area contributed by atoms with Crippen LogP contribution in [0.1, 0.15) is 65.2 Å². The first kappa shape index (κ1) is 20.8. The van der Waals surface area contributed by atoms with E-state index >= 15 is 0 Å². The highest BCUT2D eigenvalue weighted by Crippen LogP contribution is 2.67. The highest BCUT2D eigenvalue weighted by Gasteiger charge is 2.61. The Hall–Kier alpha value is -1.81. The van der Waals surface area contributed by atoms with Crippen LogP contribution >= 0.6 is 0 Å². The number of hydrogen-bond acceptors (Lipinski definition) is 3. The number of cyclic esters (lactones) is 1. The zero-order chi connectivity index (χ0) is 22.1. The molecule has 6 rings (SSSR count). The zero-order valence-electron chi connectivity index (χ0n) is 19.5. The summed E-state index contributed by atoms with van der Waals surface area (Å²) < 4.78 is 6.03. The number of carbonyl (C=O) groups excluding carboxylic acids is 1. The second-order valence-electron chi connectivity index (χ2n) is 11.8. The van der Waals surface area contributed by atoms with Crippen molar-refractivity contribution in [2.24, 2.45) is 34.5 Å². The summed E-state index contributed by atoms with van der Waals surface area (Å²) in [5.74, 6) is 2.67. The number of fused-ring (bicyclic) bond motifs is 5. The molecule has 4 heteroatoms. The Labute approximate surface area is 192 Å². The fourth-order valence-corrected chi connectivity index (χ4v) is 8.81. The molecule has 5 aliphatic rings. The molecular weight excluding hydrogens is 398 g/mol. The number of amides is 1. The molecule has 32 heavy (non-hydrogen) atoms. The van der Waals surface area contributed by atoms with Crippen molar-refractivity contribution in [2.45, 2.75) is 77.4 Å². The van der Waals surface area contributed by atoms with E-state index in [4.69, 9.17) is 4.74 Å². The van der Waals surface area contributed by atoms with Gasteiger partial charge >= 0.3 is 6.09 Å². The van der Waals surface area contributed by atoms with Crippen LogP contribution in [0.2, 0.25) is 0 Å². The summed E-state index contributed by atoms with van der Waals surface area (Å²) in [7, 11) is 0. The summed E-state index contributed by atoms with van der Waals surface area (Å²) in [6.07, 6.45) is 11.3. The second kappa shape index (κ2) is 7.35. The molecule has 4 aliphatic carbocycles. The molecule has 1 aromatic carbocycles. The fraction of sp³-hybridized carbons (Fsp3) is 0.679. The Kier molecular flexibility index (Phi) is 4.77. The van der Waals surface area contributed by atoms with E-state index < -0.39 is 0 Å². The van der Waals surface area contributed by atoms with Crippen LogP contribution in [0.4, 0.5) is 10.5 Å². The minimum Gasteiger partial charge on any atom is -0.444 e. The molecule has 1 aromatic rings. The van der Waals surface area contributed by atoms with Crippen molar-refractivity contribution in [1.82, 2.24) is 0 Å². The molecule has 4 nitrogen and oxygen atoms in total. The van der Waals surface area contributed by atoms with E-state index in [-0.39, 0.29) is 29.1 Å². The molecule has 0 bridgehead atoms. The summed E-state index contributed by atoms with van der Waals surface area (Å²) in [4.78, 5) is 14.6. The molecule has 1 saturated heterocycles. The first-order valence-electron chi connectivity index (χ1n) is 12.8.